The van der Waals surface area contributed by atoms with E-state index in [2.05, 4.69) is 0 Å². The zero-order valence-electron chi connectivity index (χ0n) is 15.6. The summed E-state index contributed by atoms with van der Waals surface area (Å²) in [7, 11) is 0. The van der Waals surface area contributed by atoms with Crippen LogP contribution in [0.25, 0.3) is 0 Å². The van der Waals surface area contributed by atoms with Crippen LogP contribution in [0.2, 0.25) is 0 Å². The van der Waals surface area contributed by atoms with Gasteiger partial charge in [0, 0.05) is 6.54 Å². The molecule has 0 bridgehead atoms. The monoisotopic (exact) mass is 377 g/mol. The number of likely N-dealkylation sites (tertiary alicyclic amines) is 1. The lowest BCUT2D eigenvalue weighted by Crippen LogP contribution is -2.44. The summed E-state index contributed by atoms with van der Waals surface area (Å²) >= 11 is 0. The Balaban J connectivity index is 1.57. The van der Waals surface area contributed by atoms with Crippen molar-refractivity contribution in [2.75, 3.05) is 19.9 Å². The van der Waals surface area contributed by atoms with Crippen LogP contribution >= 0.6 is 0 Å². The van der Waals surface area contributed by atoms with Crippen molar-refractivity contribution >= 4 is 17.8 Å². The predicted molar refractivity (Wildman–Crippen MR) is 93.4 cm³/mol. The number of benzene rings is 1. The van der Waals surface area contributed by atoms with Gasteiger partial charge in [0.25, 0.3) is 0 Å². The lowest BCUT2D eigenvalue weighted by atomic mass is 10.2. The van der Waals surface area contributed by atoms with Gasteiger partial charge in [-0.05, 0) is 51.8 Å². The molecule has 3 rings (SSSR count). The van der Waals surface area contributed by atoms with Crippen molar-refractivity contribution in [3.05, 3.63) is 23.8 Å². The quantitative estimate of drug-likeness (QED) is 0.587. The molecular formula is C19H23NO7. The molecule has 0 aliphatic carbocycles. The Morgan fingerprint density at radius 2 is 1.93 bits per heavy atom. The summed E-state index contributed by atoms with van der Waals surface area (Å²) in [6, 6.07) is 4.45. The summed E-state index contributed by atoms with van der Waals surface area (Å²) in [6.07, 6.45) is 1.39. The minimum absolute atomic E-state index is 0.0157. The van der Waals surface area contributed by atoms with Crippen molar-refractivity contribution in [1.29, 1.82) is 0 Å². The Morgan fingerprint density at radius 3 is 2.67 bits per heavy atom. The van der Waals surface area contributed by atoms with Gasteiger partial charge in [0.1, 0.15) is 12.2 Å². The Bertz CT molecular complexity index is 753. The maximum absolute atomic E-state index is 12.4. The number of rotatable bonds is 3. The highest BCUT2D eigenvalue weighted by Crippen LogP contribution is 2.32. The molecule has 27 heavy (non-hydrogen) atoms. The van der Waals surface area contributed by atoms with Crippen molar-refractivity contribution in [3.63, 3.8) is 0 Å². The molecule has 0 unspecified atom stereocenters. The predicted octanol–water partition coefficient (Wildman–Crippen LogP) is 1.90. The zero-order valence-corrected chi connectivity index (χ0v) is 15.6. The average molecular weight is 377 g/mol. The first kappa shape index (κ1) is 19.0. The number of ether oxygens (including phenoxy) is 4. The van der Waals surface area contributed by atoms with Crippen LogP contribution in [-0.4, -0.2) is 54.3 Å². The van der Waals surface area contributed by atoms with Crippen LogP contribution in [0.4, 0.5) is 0 Å². The van der Waals surface area contributed by atoms with Crippen molar-refractivity contribution in [2.24, 2.45) is 0 Å². The van der Waals surface area contributed by atoms with E-state index in [0.717, 1.165) is 6.42 Å². The molecule has 1 aromatic carbocycles. The summed E-state index contributed by atoms with van der Waals surface area (Å²) in [5.74, 6) is -1.04. The molecule has 0 saturated carbocycles. The molecular weight excluding hydrogens is 354 g/mol. The van der Waals surface area contributed by atoms with Gasteiger partial charge in [-0.3, -0.25) is 4.79 Å². The molecule has 1 amide bonds. The molecule has 2 aliphatic rings. The Morgan fingerprint density at radius 1 is 1.19 bits per heavy atom. The molecule has 0 aromatic heterocycles. The first-order valence-electron chi connectivity index (χ1n) is 8.85. The lowest BCUT2D eigenvalue weighted by Gasteiger charge is -2.25. The highest BCUT2D eigenvalue weighted by atomic mass is 16.7. The highest BCUT2D eigenvalue weighted by Gasteiger charge is 2.35. The fourth-order valence-corrected chi connectivity index (χ4v) is 2.99. The highest BCUT2D eigenvalue weighted by molar-refractivity contribution is 6.32. The van der Waals surface area contributed by atoms with Crippen molar-refractivity contribution in [3.8, 4) is 11.5 Å². The molecule has 0 N–H and O–H groups in total. The fourth-order valence-electron chi connectivity index (χ4n) is 2.99. The molecule has 1 fully saturated rings. The van der Waals surface area contributed by atoms with Gasteiger partial charge in [0.2, 0.25) is 6.79 Å². The number of carbonyl (C=O) groups is 3. The van der Waals surface area contributed by atoms with Crippen LogP contribution in [0.3, 0.4) is 0 Å². The largest absolute Gasteiger partial charge is 0.460 e. The molecule has 1 aromatic rings. The van der Waals surface area contributed by atoms with Crippen LogP contribution in [-0.2, 0) is 19.1 Å². The van der Waals surface area contributed by atoms with E-state index >= 15 is 0 Å². The smallest absolute Gasteiger partial charge is 0.397 e. The SMILES string of the molecule is CC(C)(C)OC(=O)C(=O)N1CCC[C@@H]1COC(=O)c1ccc2c(c1)OCO2. The molecule has 0 spiro atoms. The van der Waals surface area contributed by atoms with Gasteiger partial charge in [0.15, 0.2) is 11.5 Å². The summed E-state index contributed by atoms with van der Waals surface area (Å²) < 4.78 is 20.9. The van der Waals surface area contributed by atoms with E-state index in [1.54, 1.807) is 39.0 Å². The van der Waals surface area contributed by atoms with Crippen molar-refractivity contribution in [2.45, 2.75) is 45.3 Å². The van der Waals surface area contributed by atoms with Gasteiger partial charge in [-0.1, -0.05) is 0 Å². The topological polar surface area (TPSA) is 91.4 Å². The Kier molecular flexibility index (Phi) is 5.25. The summed E-state index contributed by atoms with van der Waals surface area (Å²) in [5.41, 5.74) is -0.407. The number of fused-ring (bicyclic) bond motifs is 1. The number of hydrogen-bond donors (Lipinski definition) is 0. The minimum atomic E-state index is -0.892. The third-order valence-electron chi connectivity index (χ3n) is 4.23. The number of nitrogens with zero attached hydrogens (tertiary/aromatic N) is 1. The maximum Gasteiger partial charge on any atom is 0.397 e. The second-order valence-corrected chi connectivity index (χ2v) is 7.46. The first-order valence-corrected chi connectivity index (χ1v) is 8.85. The second kappa shape index (κ2) is 7.46. The molecule has 1 saturated heterocycles. The number of esters is 2. The van der Waals surface area contributed by atoms with Crippen molar-refractivity contribution in [1.82, 2.24) is 4.90 Å². The average Bonchev–Trinajstić information content (AvgIpc) is 3.25. The van der Waals surface area contributed by atoms with E-state index < -0.39 is 23.4 Å². The van der Waals surface area contributed by atoms with E-state index in [4.69, 9.17) is 18.9 Å². The fraction of sp³-hybridized carbons (Fsp3) is 0.526. The van der Waals surface area contributed by atoms with Crippen LogP contribution in [0, 0.1) is 0 Å². The lowest BCUT2D eigenvalue weighted by molar-refractivity contribution is -0.168. The first-order chi connectivity index (χ1) is 12.7. The van der Waals surface area contributed by atoms with E-state index in [-0.39, 0.29) is 19.4 Å². The van der Waals surface area contributed by atoms with Gasteiger partial charge >= 0.3 is 17.8 Å². The maximum atomic E-state index is 12.4. The summed E-state index contributed by atoms with van der Waals surface area (Å²) in [6.45, 7) is 5.68. The zero-order chi connectivity index (χ0) is 19.6. The van der Waals surface area contributed by atoms with E-state index in [1.807, 2.05) is 0 Å². The second-order valence-electron chi connectivity index (χ2n) is 7.46. The van der Waals surface area contributed by atoms with Crippen molar-refractivity contribution < 1.29 is 33.3 Å². The van der Waals surface area contributed by atoms with Gasteiger partial charge in [0.05, 0.1) is 11.6 Å². The number of carbonyl (C=O) groups excluding carboxylic acids is 3. The van der Waals surface area contributed by atoms with Crippen LogP contribution in [0.5, 0.6) is 11.5 Å². The molecule has 2 heterocycles. The molecule has 2 aliphatic heterocycles. The molecule has 1 atom stereocenters. The molecule has 0 radical (unpaired) electrons. The van der Waals surface area contributed by atoms with E-state index in [0.29, 0.717) is 30.0 Å². The summed E-state index contributed by atoms with van der Waals surface area (Å²) in [4.78, 5) is 38.1. The number of hydrogen-bond acceptors (Lipinski definition) is 7. The Hall–Kier alpha value is -2.77. The normalized spacial score (nSPS) is 18.3. The third-order valence-corrected chi connectivity index (χ3v) is 4.23. The molecule has 8 nitrogen and oxygen atoms in total. The van der Waals surface area contributed by atoms with Gasteiger partial charge in [-0.2, -0.15) is 0 Å². The Labute approximate surface area is 157 Å². The van der Waals surface area contributed by atoms with Gasteiger partial charge in [-0.25, -0.2) is 9.59 Å². The van der Waals surface area contributed by atoms with E-state index in [1.165, 1.54) is 4.90 Å². The summed E-state index contributed by atoms with van der Waals surface area (Å²) in [5, 5.41) is 0. The van der Waals surface area contributed by atoms with E-state index in [9.17, 15) is 14.4 Å². The van der Waals surface area contributed by atoms with Gasteiger partial charge in [-0.15, -0.1) is 0 Å². The third kappa shape index (κ3) is 4.50. The molecule has 146 valence electrons. The van der Waals surface area contributed by atoms with Crippen LogP contribution in [0.15, 0.2) is 18.2 Å². The molecule has 8 heteroatoms. The van der Waals surface area contributed by atoms with Crippen LogP contribution < -0.4 is 9.47 Å². The standard InChI is InChI=1S/C19H23NO7/c1-19(2,3)27-18(23)16(21)20-8-4-5-13(20)10-24-17(22)12-6-7-14-15(9-12)26-11-25-14/h6-7,9,13H,4-5,8,10-11H2,1-3H3/t13-/m1/s1. The number of amides is 1. The van der Waals surface area contributed by atoms with Gasteiger partial charge < -0.3 is 23.8 Å². The van der Waals surface area contributed by atoms with Crippen LogP contribution in [0.1, 0.15) is 44.0 Å². The minimum Gasteiger partial charge on any atom is -0.460 e.